The fourth-order valence-corrected chi connectivity index (χ4v) is 2.02. The summed E-state index contributed by atoms with van der Waals surface area (Å²) in [6.45, 7) is 6.66. The molecule has 2 rings (SSSR count). The number of anilines is 1. The van der Waals surface area contributed by atoms with Crippen molar-refractivity contribution in [2.75, 3.05) is 5.73 Å². The molecule has 0 spiro atoms. The molecule has 0 aliphatic heterocycles. The van der Waals surface area contributed by atoms with E-state index in [1.165, 1.54) is 6.42 Å². The molecule has 1 fully saturated rings. The van der Waals surface area contributed by atoms with Gasteiger partial charge in [-0.3, -0.25) is 0 Å². The summed E-state index contributed by atoms with van der Waals surface area (Å²) in [7, 11) is 0. The molecule has 1 atom stereocenters. The fourth-order valence-electron chi connectivity index (χ4n) is 2.02. The molecule has 1 saturated carbocycles. The molecular formula is C11H18N2O. The summed E-state index contributed by atoms with van der Waals surface area (Å²) >= 11 is 0. The number of aromatic nitrogens is 1. The van der Waals surface area contributed by atoms with E-state index < -0.39 is 0 Å². The van der Waals surface area contributed by atoms with Crippen LogP contribution in [0.25, 0.3) is 0 Å². The molecule has 0 aromatic carbocycles. The van der Waals surface area contributed by atoms with Crippen LogP contribution in [0.4, 0.5) is 5.82 Å². The number of hydrogen-bond acceptors (Lipinski definition) is 3. The van der Waals surface area contributed by atoms with E-state index in [0.717, 1.165) is 24.2 Å². The Labute approximate surface area is 84.7 Å². The van der Waals surface area contributed by atoms with Gasteiger partial charge in [0, 0.05) is 11.5 Å². The van der Waals surface area contributed by atoms with Gasteiger partial charge in [0.25, 0.3) is 0 Å². The Kier molecular flexibility index (Phi) is 2.05. The van der Waals surface area contributed by atoms with Gasteiger partial charge in [-0.25, -0.2) is 0 Å². The van der Waals surface area contributed by atoms with Crippen molar-refractivity contribution in [2.24, 2.45) is 5.41 Å². The Balaban J connectivity index is 2.26. The van der Waals surface area contributed by atoms with E-state index in [0.29, 0.717) is 17.2 Å². The third-order valence-corrected chi connectivity index (χ3v) is 3.18. The van der Waals surface area contributed by atoms with Gasteiger partial charge in [0.15, 0.2) is 5.82 Å². The summed E-state index contributed by atoms with van der Waals surface area (Å²) < 4.78 is 5.33. The van der Waals surface area contributed by atoms with Gasteiger partial charge in [0.1, 0.15) is 5.76 Å². The molecule has 1 unspecified atom stereocenters. The van der Waals surface area contributed by atoms with Crippen LogP contribution in [0.15, 0.2) is 4.52 Å². The second kappa shape index (κ2) is 3.01. The van der Waals surface area contributed by atoms with E-state index in [2.05, 4.69) is 25.9 Å². The van der Waals surface area contributed by atoms with Crippen LogP contribution in [0.3, 0.4) is 0 Å². The van der Waals surface area contributed by atoms with E-state index in [9.17, 15) is 0 Å². The molecule has 3 nitrogen and oxygen atoms in total. The lowest BCUT2D eigenvalue weighted by molar-refractivity contribution is 0.373. The van der Waals surface area contributed by atoms with Crippen molar-refractivity contribution >= 4 is 5.82 Å². The molecule has 0 bridgehead atoms. The van der Waals surface area contributed by atoms with Crippen LogP contribution < -0.4 is 5.73 Å². The van der Waals surface area contributed by atoms with Gasteiger partial charge in [-0.05, 0) is 18.3 Å². The van der Waals surface area contributed by atoms with Gasteiger partial charge >= 0.3 is 0 Å². The van der Waals surface area contributed by atoms with E-state index in [1.807, 2.05) is 0 Å². The fraction of sp³-hybridized carbons (Fsp3) is 0.727. The first-order chi connectivity index (χ1) is 6.56. The zero-order valence-electron chi connectivity index (χ0n) is 9.13. The lowest BCUT2D eigenvalue weighted by atomic mass is 10.0. The Bertz CT molecular complexity index is 341. The van der Waals surface area contributed by atoms with Crippen LogP contribution in [0.2, 0.25) is 0 Å². The average molecular weight is 194 g/mol. The molecular weight excluding hydrogens is 176 g/mol. The molecule has 78 valence electrons. The van der Waals surface area contributed by atoms with E-state index in [4.69, 9.17) is 10.3 Å². The second-order valence-electron chi connectivity index (χ2n) is 4.91. The molecule has 1 aromatic heterocycles. The molecule has 1 aliphatic carbocycles. The van der Waals surface area contributed by atoms with Crippen molar-refractivity contribution in [2.45, 2.75) is 46.0 Å². The first-order valence-corrected chi connectivity index (χ1v) is 5.30. The van der Waals surface area contributed by atoms with E-state index >= 15 is 0 Å². The molecule has 0 radical (unpaired) electrons. The van der Waals surface area contributed by atoms with E-state index in [1.54, 1.807) is 0 Å². The molecule has 0 saturated heterocycles. The topological polar surface area (TPSA) is 52.0 Å². The maximum absolute atomic E-state index is 5.78. The first-order valence-electron chi connectivity index (χ1n) is 5.30. The highest BCUT2D eigenvalue weighted by atomic mass is 16.5. The monoisotopic (exact) mass is 194 g/mol. The number of nitrogens with zero attached hydrogens (tertiary/aromatic N) is 1. The van der Waals surface area contributed by atoms with Crippen LogP contribution in [0.1, 0.15) is 50.9 Å². The molecule has 3 heteroatoms. The van der Waals surface area contributed by atoms with Crippen molar-refractivity contribution in [1.82, 2.24) is 5.16 Å². The van der Waals surface area contributed by atoms with Crippen molar-refractivity contribution in [3.05, 3.63) is 11.3 Å². The summed E-state index contributed by atoms with van der Waals surface area (Å²) in [4.78, 5) is 0. The first kappa shape index (κ1) is 9.56. The summed E-state index contributed by atoms with van der Waals surface area (Å²) in [5, 5.41) is 3.86. The van der Waals surface area contributed by atoms with Crippen molar-refractivity contribution in [1.29, 1.82) is 0 Å². The van der Waals surface area contributed by atoms with Gasteiger partial charge in [-0.15, -0.1) is 0 Å². The maximum Gasteiger partial charge on any atom is 0.170 e. The minimum absolute atomic E-state index is 0.383. The minimum Gasteiger partial charge on any atom is -0.381 e. The van der Waals surface area contributed by atoms with Gasteiger partial charge in [0.05, 0.1) is 0 Å². The van der Waals surface area contributed by atoms with Gasteiger partial charge < -0.3 is 10.3 Å². The zero-order valence-corrected chi connectivity index (χ0v) is 9.13. The lowest BCUT2D eigenvalue weighted by Gasteiger charge is -2.02. The highest BCUT2D eigenvalue weighted by molar-refractivity contribution is 5.44. The molecule has 14 heavy (non-hydrogen) atoms. The zero-order chi connectivity index (χ0) is 10.3. The summed E-state index contributed by atoms with van der Waals surface area (Å²) in [6.07, 6.45) is 3.27. The smallest absolute Gasteiger partial charge is 0.170 e. The standard InChI is InChI=1S/C11H18N2O/c1-4-5-7-9(14-13-10(7)12)8-6-11(8,2)3/h8H,4-6H2,1-3H3,(H2,12,13). The number of hydrogen-bond donors (Lipinski definition) is 1. The summed E-state index contributed by atoms with van der Waals surface area (Å²) in [6, 6.07) is 0. The quantitative estimate of drug-likeness (QED) is 0.804. The molecule has 1 aliphatic rings. The molecule has 0 amide bonds. The second-order valence-corrected chi connectivity index (χ2v) is 4.91. The minimum atomic E-state index is 0.383. The van der Waals surface area contributed by atoms with Crippen molar-refractivity contribution in [3.8, 4) is 0 Å². The Morgan fingerprint density at radius 2 is 2.21 bits per heavy atom. The van der Waals surface area contributed by atoms with Crippen LogP contribution in [-0.4, -0.2) is 5.16 Å². The van der Waals surface area contributed by atoms with Crippen LogP contribution >= 0.6 is 0 Å². The third-order valence-electron chi connectivity index (χ3n) is 3.18. The predicted molar refractivity (Wildman–Crippen MR) is 56.0 cm³/mol. The van der Waals surface area contributed by atoms with Crippen LogP contribution in [-0.2, 0) is 6.42 Å². The molecule has 1 heterocycles. The van der Waals surface area contributed by atoms with Crippen LogP contribution in [0.5, 0.6) is 0 Å². The highest BCUT2D eigenvalue weighted by Crippen LogP contribution is 2.59. The average Bonchev–Trinajstić information content (AvgIpc) is 2.57. The van der Waals surface area contributed by atoms with Crippen LogP contribution in [0, 0.1) is 5.41 Å². The van der Waals surface area contributed by atoms with Gasteiger partial charge in [-0.1, -0.05) is 32.3 Å². The van der Waals surface area contributed by atoms with Crippen molar-refractivity contribution < 1.29 is 4.52 Å². The summed E-state index contributed by atoms with van der Waals surface area (Å²) in [5.74, 6) is 2.16. The highest BCUT2D eigenvalue weighted by Gasteiger charge is 2.50. The Morgan fingerprint density at radius 3 is 2.71 bits per heavy atom. The van der Waals surface area contributed by atoms with Gasteiger partial charge in [0.2, 0.25) is 0 Å². The summed E-state index contributed by atoms with van der Waals surface area (Å²) in [5.41, 5.74) is 7.30. The van der Waals surface area contributed by atoms with Crippen molar-refractivity contribution in [3.63, 3.8) is 0 Å². The predicted octanol–water partition coefficient (Wildman–Crippen LogP) is 2.72. The Hall–Kier alpha value is -0.990. The molecule has 2 N–H and O–H groups in total. The Morgan fingerprint density at radius 1 is 1.57 bits per heavy atom. The number of nitrogen functional groups attached to an aromatic ring is 1. The van der Waals surface area contributed by atoms with Gasteiger partial charge in [-0.2, -0.15) is 0 Å². The largest absolute Gasteiger partial charge is 0.381 e. The number of nitrogens with two attached hydrogens (primary N) is 1. The molecule has 1 aromatic rings. The SMILES string of the molecule is CCCc1c(N)noc1C1CC1(C)C. The number of rotatable bonds is 3. The van der Waals surface area contributed by atoms with E-state index in [-0.39, 0.29) is 0 Å². The normalized spacial score (nSPS) is 23.8. The third kappa shape index (κ3) is 1.41. The lowest BCUT2D eigenvalue weighted by Crippen LogP contribution is -1.96. The maximum atomic E-state index is 5.78.